The zero-order chi connectivity index (χ0) is 17.9. The van der Waals surface area contributed by atoms with Crippen molar-refractivity contribution < 1.29 is 19.1 Å². The van der Waals surface area contributed by atoms with Gasteiger partial charge in [-0.05, 0) is 24.7 Å². The highest BCUT2D eigenvalue weighted by Crippen LogP contribution is 2.34. The van der Waals surface area contributed by atoms with Crippen molar-refractivity contribution in [1.29, 1.82) is 0 Å². The molecule has 2 rings (SSSR count). The Bertz CT molecular complexity index is 797. The largest absolute Gasteiger partial charge is 0.465 e. The molecule has 0 saturated heterocycles. The summed E-state index contributed by atoms with van der Waals surface area (Å²) < 4.78 is 11.1. The Labute approximate surface area is 147 Å². The second-order valence-corrected chi connectivity index (χ2v) is 6.13. The van der Waals surface area contributed by atoms with Crippen molar-refractivity contribution in [1.82, 2.24) is 9.78 Å². The molecule has 0 aliphatic heterocycles. The molecule has 10 heteroatoms. The standard InChI is InChI=1S/C14H16N4O4S2/c1-7-9(12(19)21-3)11(24-10(7)13(20)22-4)16-14(23)15-8-5-6-18(2)17-8/h5-6H,1-4H3,(H2,15,16,17,23). The van der Waals surface area contributed by atoms with E-state index in [0.29, 0.717) is 21.3 Å². The summed E-state index contributed by atoms with van der Waals surface area (Å²) in [4.78, 5) is 24.2. The van der Waals surface area contributed by atoms with Gasteiger partial charge < -0.3 is 20.1 Å². The average Bonchev–Trinajstić information content (AvgIpc) is 3.09. The Morgan fingerprint density at radius 3 is 2.46 bits per heavy atom. The fourth-order valence-corrected chi connectivity index (χ4v) is 3.36. The summed E-state index contributed by atoms with van der Waals surface area (Å²) in [5.74, 6) is -0.544. The number of nitrogens with one attached hydrogen (secondary N) is 2. The van der Waals surface area contributed by atoms with Crippen molar-refractivity contribution in [3.8, 4) is 0 Å². The van der Waals surface area contributed by atoms with Crippen molar-refractivity contribution in [2.45, 2.75) is 6.92 Å². The molecule has 0 amide bonds. The maximum atomic E-state index is 12.0. The first-order chi connectivity index (χ1) is 11.4. The minimum atomic E-state index is -0.568. The van der Waals surface area contributed by atoms with Crippen LogP contribution in [0.5, 0.6) is 0 Å². The van der Waals surface area contributed by atoms with Gasteiger partial charge in [-0.25, -0.2) is 9.59 Å². The van der Waals surface area contributed by atoms with Crippen LogP contribution < -0.4 is 10.6 Å². The first-order valence-corrected chi connectivity index (χ1v) is 7.97. The molecule has 2 N–H and O–H groups in total. The maximum Gasteiger partial charge on any atom is 0.348 e. The van der Waals surface area contributed by atoms with Gasteiger partial charge in [-0.15, -0.1) is 11.3 Å². The number of thiocarbonyl (C=S) groups is 1. The molecule has 0 aromatic carbocycles. The van der Waals surface area contributed by atoms with Gasteiger partial charge >= 0.3 is 11.9 Å². The number of aromatic nitrogens is 2. The number of carbonyl (C=O) groups is 2. The van der Waals surface area contributed by atoms with Gasteiger partial charge in [-0.1, -0.05) is 0 Å². The number of ether oxygens (including phenoxy) is 2. The first kappa shape index (κ1) is 17.9. The Hall–Kier alpha value is -2.46. The molecular weight excluding hydrogens is 352 g/mol. The predicted molar refractivity (Wildman–Crippen MR) is 94.8 cm³/mol. The van der Waals surface area contributed by atoms with Crippen LogP contribution in [0, 0.1) is 6.92 Å². The summed E-state index contributed by atoms with van der Waals surface area (Å²) in [6, 6.07) is 1.74. The summed E-state index contributed by atoms with van der Waals surface area (Å²) in [6.45, 7) is 1.65. The zero-order valence-corrected chi connectivity index (χ0v) is 15.1. The molecule has 24 heavy (non-hydrogen) atoms. The maximum absolute atomic E-state index is 12.0. The van der Waals surface area contributed by atoms with Gasteiger partial charge in [-0.3, -0.25) is 4.68 Å². The number of aryl methyl sites for hydroxylation is 1. The number of carbonyl (C=O) groups excluding carboxylic acids is 2. The SMILES string of the molecule is COC(=O)c1sc(NC(=S)Nc2ccn(C)n2)c(C(=O)OC)c1C. The first-order valence-electron chi connectivity index (χ1n) is 6.75. The van der Waals surface area contributed by atoms with E-state index in [-0.39, 0.29) is 10.7 Å². The molecule has 0 spiro atoms. The lowest BCUT2D eigenvalue weighted by atomic mass is 10.1. The van der Waals surface area contributed by atoms with Crippen LogP contribution in [0.1, 0.15) is 25.6 Å². The number of thiophene rings is 1. The third-order valence-electron chi connectivity index (χ3n) is 3.09. The molecule has 128 valence electrons. The van der Waals surface area contributed by atoms with Gasteiger partial charge in [0.25, 0.3) is 0 Å². The zero-order valence-electron chi connectivity index (χ0n) is 13.5. The van der Waals surface area contributed by atoms with Crippen molar-refractivity contribution in [3.63, 3.8) is 0 Å². The van der Waals surface area contributed by atoms with E-state index < -0.39 is 11.9 Å². The van der Waals surface area contributed by atoms with Crippen molar-refractivity contribution in [2.75, 3.05) is 24.9 Å². The molecule has 0 aliphatic rings. The summed E-state index contributed by atoms with van der Waals surface area (Å²) in [5.41, 5.74) is 0.718. The molecule has 2 aromatic heterocycles. The minimum absolute atomic E-state index is 0.233. The van der Waals surface area contributed by atoms with E-state index in [0.717, 1.165) is 11.3 Å². The Morgan fingerprint density at radius 1 is 1.25 bits per heavy atom. The topological polar surface area (TPSA) is 94.5 Å². The summed E-state index contributed by atoms with van der Waals surface area (Å²) in [6.07, 6.45) is 1.76. The Morgan fingerprint density at radius 2 is 1.92 bits per heavy atom. The van der Waals surface area contributed by atoms with Gasteiger partial charge in [0.05, 0.1) is 19.8 Å². The lowest BCUT2D eigenvalue weighted by Gasteiger charge is -2.08. The summed E-state index contributed by atoms with van der Waals surface area (Å²) in [5, 5.41) is 10.6. The van der Waals surface area contributed by atoms with E-state index in [1.807, 2.05) is 0 Å². The summed E-state index contributed by atoms with van der Waals surface area (Å²) >= 11 is 6.29. The monoisotopic (exact) mass is 368 g/mol. The molecule has 0 atom stereocenters. The molecule has 2 heterocycles. The number of rotatable bonds is 4. The van der Waals surface area contributed by atoms with Crippen molar-refractivity contribution in [3.05, 3.63) is 28.3 Å². The number of methoxy groups -OCH3 is 2. The Balaban J connectivity index is 2.29. The van der Waals surface area contributed by atoms with Crippen LogP contribution in [-0.2, 0) is 16.5 Å². The van der Waals surface area contributed by atoms with Crippen molar-refractivity contribution >= 4 is 51.4 Å². The molecule has 0 radical (unpaired) electrons. The van der Waals surface area contributed by atoms with Crippen LogP contribution >= 0.6 is 23.6 Å². The lowest BCUT2D eigenvalue weighted by Crippen LogP contribution is -2.20. The molecule has 0 bridgehead atoms. The minimum Gasteiger partial charge on any atom is -0.465 e. The number of esters is 2. The molecule has 0 aliphatic carbocycles. The van der Waals surface area contributed by atoms with Crippen LogP contribution in [0.15, 0.2) is 12.3 Å². The van der Waals surface area contributed by atoms with Gasteiger partial charge in [0.15, 0.2) is 10.9 Å². The highest BCUT2D eigenvalue weighted by Gasteiger charge is 2.26. The van der Waals surface area contributed by atoms with Crippen LogP contribution in [0.25, 0.3) is 0 Å². The van der Waals surface area contributed by atoms with Crippen LogP contribution in [0.4, 0.5) is 10.8 Å². The highest BCUT2D eigenvalue weighted by atomic mass is 32.1. The van der Waals surface area contributed by atoms with Crippen LogP contribution in [-0.4, -0.2) is 41.1 Å². The van der Waals surface area contributed by atoms with Gasteiger partial charge in [0.1, 0.15) is 9.88 Å². The van der Waals surface area contributed by atoms with Crippen LogP contribution in [0.2, 0.25) is 0 Å². The van der Waals surface area contributed by atoms with Crippen LogP contribution in [0.3, 0.4) is 0 Å². The average molecular weight is 368 g/mol. The second-order valence-electron chi connectivity index (χ2n) is 4.70. The molecule has 0 unspecified atom stereocenters. The van der Waals surface area contributed by atoms with E-state index in [4.69, 9.17) is 21.7 Å². The number of hydrogen-bond donors (Lipinski definition) is 2. The quantitative estimate of drug-likeness (QED) is 0.626. The van der Waals surface area contributed by atoms with E-state index in [1.165, 1.54) is 14.2 Å². The highest BCUT2D eigenvalue weighted by molar-refractivity contribution is 7.80. The predicted octanol–water partition coefficient (Wildman–Crippen LogP) is 2.17. The van der Waals surface area contributed by atoms with E-state index in [9.17, 15) is 9.59 Å². The number of anilines is 2. The van der Waals surface area contributed by atoms with Crippen molar-refractivity contribution in [2.24, 2.45) is 7.05 Å². The van der Waals surface area contributed by atoms with E-state index in [1.54, 1.807) is 30.9 Å². The lowest BCUT2D eigenvalue weighted by molar-refractivity contribution is 0.0601. The molecule has 0 fully saturated rings. The second kappa shape index (κ2) is 7.41. The molecule has 2 aromatic rings. The number of hydrogen-bond acceptors (Lipinski definition) is 7. The number of nitrogens with zero attached hydrogens (tertiary/aromatic N) is 2. The summed E-state index contributed by atoms with van der Waals surface area (Å²) in [7, 11) is 4.33. The molecule has 0 saturated carbocycles. The third-order valence-corrected chi connectivity index (χ3v) is 4.48. The Kier molecular flexibility index (Phi) is 5.52. The van der Waals surface area contributed by atoms with E-state index >= 15 is 0 Å². The molecule has 8 nitrogen and oxygen atoms in total. The normalized spacial score (nSPS) is 10.2. The van der Waals surface area contributed by atoms with Gasteiger partial charge in [0.2, 0.25) is 0 Å². The molecular formula is C14H16N4O4S2. The van der Waals surface area contributed by atoms with Gasteiger partial charge in [0, 0.05) is 19.3 Å². The van der Waals surface area contributed by atoms with Gasteiger partial charge in [-0.2, -0.15) is 5.10 Å². The third kappa shape index (κ3) is 3.71. The fourth-order valence-electron chi connectivity index (χ4n) is 1.97. The smallest absolute Gasteiger partial charge is 0.348 e. The fraction of sp³-hybridized carbons (Fsp3) is 0.286. The van der Waals surface area contributed by atoms with E-state index in [2.05, 4.69) is 15.7 Å².